The van der Waals surface area contributed by atoms with Gasteiger partial charge in [0.15, 0.2) is 0 Å². The first-order valence-corrected chi connectivity index (χ1v) is 8.29. The molecule has 126 valence electrons. The molecule has 2 rings (SSSR count). The highest BCUT2D eigenvalue weighted by atomic mass is 35.5. The van der Waals surface area contributed by atoms with Crippen LogP contribution in [0.15, 0.2) is 54.6 Å². The third kappa shape index (κ3) is 5.39. The second kappa shape index (κ2) is 9.08. The predicted molar refractivity (Wildman–Crippen MR) is 95.7 cm³/mol. The topological polar surface area (TPSA) is 49.4 Å². The Bertz CT molecular complexity index is 689. The van der Waals surface area contributed by atoms with Gasteiger partial charge in [-0.15, -0.1) is 0 Å². The molecule has 0 fully saturated rings. The third-order valence-corrected chi connectivity index (χ3v) is 4.07. The standard InChI is InChI=1S/C19H21ClN2O2/c1-2-22(14-16-10-6-7-11-17(16)20)19(24)13-21-18(23)12-15-8-4-3-5-9-15/h3-11H,2,12-14H2,1H3,(H,21,23). The van der Waals surface area contributed by atoms with Crippen LogP contribution in [-0.2, 0) is 22.6 Å². The van der Waals surface area contributed by atoms with E-state index in [9.17, 15) is 9.59 Å². The maximum absolute atomic E-state index is 12.3. The van der Waals surface area contributed by atoms with Gasteiger partial charge in [0.25, 0.3) is 0 Å². The van der Waals surface area contributed by atoms with Crippen molar-refractivity contribution in [3.8, 4) is 0 Å². The van der Waals surface area contributed by atoms with Gasteiger partial charge in [-0.1, -0.05) is 60.1 Å². The minimum absolute atomic E-state index is 0.00996. The Balaban J connectivity index is 1.85. The summed E-state index contributed by atoms with van der Waals surface area (Å²) in [5.41, 5.74) is 1.82. The van der Waals surface area contributed by atoms with E-state index in [2.05, 4.69) is 5.32 Å². The Labute approximate surface area is 147 Å². The van der Waals surface area contributed by atoms with Crippen molar-refractivity contribution in [1.29, 1.82) is 0 Å². The van der Waals surface area contributed by atoms with Crippen LogP contribution in [0.3, 0.4) is 0 Å². The van der Waals surface area contributed by atoms with E-state index in [1.807, 2.05) is 55.5 Å². The summed E-state index contributed by atoms with van der Waals surface area (Å²) in [6.45, 7) is 2.88. The highest BCUT2D eigenvalue weighted by molar-refractivity contribution is 6.31. The van der Waals surface area contributed by atoms with Gasteiger partial charge in [-0.3, -0.25) is 9.59 Å². The fourth-order valence-corrected chi connectivity index (χ4v) is 2.53. The largest absolute Gasteiger partial charge is 0.347 e. The van der Waals surface area contributed by atoms with Crippen LogP contribution >= 0.6 is 11.6 Å². The van der Waals surface area contributed by atoms with Crippen molar-refractivity contribution >= 4 is 23.4 Å². The molecule has 0 aliphatic heterocycles. The first-order chi connectivity index (χ1) is 11.6. The summed E-state index contributed by atoms with van der Waals surface area (Å²) in [6, 6.07) is 16.9. The van der Waals surface area contributed by atoms with Crippen molar-refractivity contribution in [3.05, 3.63) is 70.7 Å². The van der Waals surface area contributed by atoms with Gasteiger partial charge in [0.05, 0.1) is 13.0 Å². The van der Waals surface area contributed by atoms with Gasteiger partial charge in [-0.2, -0.15) is 0 Å². The molecule has 4 nitrogen and oxygen atoms in total. The van der Waals surface area contributed by atoms with E-state index in [0.29, 0.717) is 18.1 Å². The zero-order valence-electron chi connectivity index (χ0n) is 13.7. The summed E-state index contributed by atoms with van der Waals surface area (Å²) in [5, 5.41) is 3.32. The lowest BCUT2D eigenvalue weighted by molar-refractivity contribution is -0.133. The molecule has 0 atom stereocenters. The maximum Gasteiger partial charge on any atom is 0.242 e. The van der Waals surface area contributed by atoms with Crippen LogP contribution in [0, 0.1) is 0 Å². The first kappa shape index (κ1) is 18.0. The molecule has 5 heteroatoms. The van der Waals surface area contributed by atoms with Gasteiger partial charge >= 0.3 is 0 Å². The van der Waals surface area contributed by atoms with Gasteiger partial charge in [0.1, 0.15) is 0 Å². The first-order valence-electron chi connectivity index (χ1n) is 7.92. The molecule has 0 aromatic heterocycles. The van der Waals surface area contributed by atoms with Gasteiger partial charge in [0.2, 0.25) is 11.8 Å². The van der Waals surface area contributed by atoms with Crippen LogP contribution in [0.1, 0.15) is 18.1 Å². The van der Waals surface area contributed by atoms with Crippen LogP contribution in [0.5, 0.6) is 0 Å². The van der Waals surface area contributed by atoms with Crippen molar-refractivity contribution in [2.45, 2.75) is 19.9 Å². The van der Waals surface area contributed by atoms with E-state index in [1.165, 1.54) is 0 Å². The molecule has 2 aromatic rings. The molecule has 2 amide bonds. The number of hydrogen-bond donors (Lipinski definition) is 1. The smallest absolute Gasteiger partial charge is 0.242 e. The van der Waals surface area contributed by atoms with E-state index in [-0.39, 0.29) is 24.8 Å². The van der Waals surface area contributed by atoms with Crippen LogP contribution in [0.2, 0.25) is 5.02 Å². The van der Waals surface area contributed by atoms with Crippen LogP contribution in [0.25, 0.3) is 0 Å². The lowest BCUT2D eigenvalue weighted by Gasteiger charge is -2.21. The second-order valence-electron chi connectivity index (χ2n) is 5.44. The highest BCUT2D eigenvalue weighted by Crippen LogP contribution is 2.16. The molecule has 2 aromatic carbocycles. The summed E-state index contributed by atoms with van der Waals surface area (Å²) in [7, 11) is 0. The van der Waals surface area contributed by atoms with Crippen LogP contribution in [-0.4, -0.2) is 29.8 Å². The molecular weight excluding hydrogens is 324 g/mol. The number of benzene rings is 2. The van der Waals surface area contributed by atoms with Crippen LogP contribution in [0.4, 0.5) is 0 Å². The molecule has 0 radical (unpaired) electrons. The summed E-state index contributed by atoms with van der Waals surface area (Å²) < 4.78 is 0. The van der Waals surface area contributed by atoms with Gasteiger partial charge in [0, 0.05) is 18.1 Å². The van der Waals surface area contributed by atoms with E-state index in [1.54, 1.807) is 11.0 Å². The second-order valence-corrected chi connectivity index (χ2v) is 5.85. The molecule has 0 aliphatic carbocycles. The van der Waals surface area contributed by atoms with E-state index in [0.717, 1.165) is 11.1 Å². The number of carbonyl (C=O) groups excluding carboxylic acids is 2. The number of likely N-dealkylation sites (N-methyl/N-ethyl adjacent to an activating group) is 1. The molecule has 1 N–H and O–H groups in total. The summed E-state index contributed by atoms with van der Waals surface area (Å²) in [6.07, 6.45) is 0.269. The lowest BCUT2D eigenvalue weighted by atomic mass is 10.1. The molecule has 0 saturated carbocycles. The summed E-state index contributed by atoms with van der Waals surface area (Å²) in [4.78, 5) is 25.9. The molecule has 0 bridgehead atoms. The fourth-order valence-electron chi connectivity index (χ4n) is 2.34. The van der Waals surface area contributed by atoms with Gasteiger partial charge in [-0.25, -0.2) is 0 Å². The minimum Gasteiger partial charge on any atom is -0.347 e. The molecular formula is C19H21ClN2O2. The maximum atomic E-state index is 12.3. The van der Waals surface area contributed by atoms with E-state index < -0.39 is 0 Å². The average molecular weight is 345 g/mol. The number of rotatable bonds is 7. The van der Waals surface area contributed by atoms with Crippen molar-refractivity contribution in [3.63, 3.8) is 0 Å². The number of hydrogen-bond acceptors (Lipinski definition) is 2. The van der Waals surface area contributed by atoms with Crippen molar-refractivity contribution < 1.29 is 9.59 Å². The Morgan fingerprint density at radius 2 is 1.71 bits per heavy atom. The van der Waals surface area contributed by atoms with Crippen LogP contribution < -0.4 is 5.32 Å². The Morgan fingerprint density at radius 3 is 2.38 bits per heavy atom. The van der Waals surface area contributed by atoms with E-state index >= 15 is 0 Å². The van der Waals surface area contributed by atoms with Crippen molar-refractivity contribution in [2.75, 3.05) is 13.1 Å². The highest BCUT2D eigenvalue weighted by Gasteiger charge is 2.14. The number of carbonyl (C=O) groups is 2. The predicted octanol–water partition coefficient (Wildman–Crippen LogP) is 3.05. The quantitative estimate of drug-likeness (QED) is 0.839. The van der Waals surface area contributed by atoms with Gasteiger partial charge < -0.3 is 10.2 Å². The zero-order valence-corrected chi connectivity index (χ0v) is 14.4. The molecule has 0 spiro atoms. The average Bonchev–Trinajstić information content (AvgIpc) is 2.60. The van der Waals surface area contributed by atoms with Crippen molar-refractivity contribution in [2.24, 2.45) is 0 Å². The third-order valence-electron chi connectivity index (χ3n) is 3.70. The number of amides is 2. The lowest BCUT2D eigenvalue weighted by Crippen LogP contribution is -2.40. The Kier molecular flexibility index (Phi) is 6.82. The molecule has 24 heavy (non-hydrogen) atoms. The minimum atomic E-state index is -0.164. The zero-order chi connectivity index (χ0) is 17.4. The molecule has 0 aliphatic rings. The monoisotopic (exact) mass is 344 g/mol. The summed E-state index contributed by atoms with van der Waals surface area (Å²) >= 11 is 6.14. The number of nitrogens with one attached hydrogen (secondary N) is 1. The van der Waals surface area contributed by atoms with Crippen molar-refractivity contribution in [1.82, 2.24) is 10.2 Å². The molecule has 0 unspecified atom stereocenters. The Morgan fingerprint density at radius 1 is 1.04 bits per heavy atom. The normalized spacial score (nSPS) is 10.2. The molecule has 0 heterocycles. The number of nitrogens with zero attached hydrogens (tertiary/aromatic N) is 1. The number of halogens is 1. The SMILES string of the molecule is CCN(Cc1ccccc1Cl)C(=O)CNC(=O)Cc1ccccc1. The summed E-state index contributed by atoms with van der Waals surface area (Å²) in [5.74, 6) is -0.290. The fraction of sp³-hybridized carbons (Fsp3) is 0.263. The van der Waals surface area contributed by atoms with Gasteiger partial charge in [-0.05, 0) is 24.1 Å². The molecule has 0 saturated heterocycles. The Hall–Kier alpha value is -2.33. The van der Waals surface area contributed by atoms with E-state index in [4.69, 9.17) is 11.6 Å².